The number of carbonyl (C=O) groups is 3. The molecule has 2 aromatic rings. The number of aliphatic carboxylic acids is 1. The van der Waals surface area contributed by atoms with Crippen LogP contribution in [0.4, 0.5) is 4.79 Å². The summed E-state index contributed by atoms with van der Waals surface area (Å²) in [5.74, 6) is 0.171. The Kier molecular flexibility index (Phi) is 8.28. The zero-order chi connectivity index (χ0) is 24.9. The lowest BCUT2D eigenvalue weighted by atomic mass is 9.98. The summed E-state index contributed by atoms with van der Waals surface area (Å²) in [6.45, 7) is 4.60. The molecule has 2 N–H and O–H groups in total. The van der Waals surface area contributed by atoms with Crippen LogP contribution in [0.5, 0.6) is 0 Å². The number of nitrogens with zero attached hydrogens (tertiary/aromatic N) is 1. The van der Waals surface area contributed by atoms with E-state index < -0.39 is 18.1 Å². The van der Waals surface area contributed by atoms with Crippen LogP contribution in [0, 0.1) is 5.92 Å². The summed E-state index contributed by atoms with van der Waals surface area (Å²) in [5.41, 5.74) is 4.68. The van der Waals surface area contributed by atoms with Crippen LogP contribution in [0.15, 0.2) is 48.5 Å². The summed E-state index contributed by atoms with van der Waals surface area (Å²) < 4.78 is 5.53. The van der Waals surface area contributed by atoms with E-state index in [4.69, 9.17) is 4.74 Å². The Morgan fingerprint density at radius 1 is 1.11 bits per heavy atom. The Bertz CT molecular complexity index is 1050. The molecule has 0 aromatic heterocycles. The number of hydrogen-bond donors (Lipinski definition) is 2. The van der Waals surface area contributed by atoms with Crippen molar-refractivity contribution in [1.82, 2.24) is 10.2 Å². The lowest BCUT2D eigenvalue weighted by Crippen LogP contribution is -2.48. The fraction of sp³-hybridized carbons (Fsp3) is 0.423. The third-order valence-electron chi connectivity index (χ3n) is 6.26. The van der Waals surface area contributed by atoms with Gasteiger partial charge in [0.05, 0.1) is 11.1 Å². The highest BCUT2D eigenvalue weighted by Gasteiger charge is 2.42. The number of carboxylic acids is 1. The number of carbonyl (C=O) groups excluding carboxylic acids is 2. The molecule has 0 radical (unpaired) electrons. The summed E-state index contributed by atoms with van der Waals surface area (Å²) in [6.07, 6.45) is -0.486. The predicted octanol–water partition coefficient (Wildman–Crippen LogP) is 4.27. The van der Waals surface area contributed by atoms with Crippen LogP contribution in [0.25, 0.3) is 11.1 Å². The predicted molar refractivity (Wildman–Crippen MR) is 140 cm³/mol. The Balaban J connectivity index is 1.21. The van der Waals surface area contributed by atoms with Crippen molar-refractivity contribution in [2.75, 3.05) is 30.4 Å². The number of rotatable bonds is 9. The Morgan fingerprint density at radius 2 is 1.74 bits per heavy atom. The maximum atomic E-state index is 12.7. The highest BCUT2D eigenvalue weighted by atomic mass is 32.2. The zero-order valence-corrected chi connectivity index (χ0v) is 21.4. The van der Waals surface area contributed by atoms with Crippen molar-refractivity contribution in [3.63, 3.8) is 0 Å². The topological polar surface area (TPSA) is 95.9 Å². The molecule has 2 amide bonds. The van der Waals surface area contributed by atoms with Gasteiger partial charge in [-0.2, -0.15) is 11.8 Å². The third-order valence-corrected chi connectivity index (χ3v) is 8.83. The number of alkyl carbamates (subject to hydrolysis) is 1. The fourth-order valence-corrected chi connectivity index (χ4v) is 6.86. The average Bonchev–Trinajstić information content (AvgIpc) is 3.43. The molecule has 0 bridgehead atoms. The Morgan fingerprint density at radius 3 is 2.34 bits per heavy atom. The molecule has 1 heterocycles. The van der Waals surface area contributed by atoms with Crippen molar-refractivity contribution >= 4 is 41.5 Å². The number of hydrogen-bond acceptors (Lipinski definition) is 6. The van der Waals surface area contributed by atoms with Gasteiger partial charge < -0.3 is 20.1 Å². The van der Waals surface area contributed by atoms with E-state index in [1.54, 1.807) is 0 Å². The first-order valence-corrected chi connectivity index (χ1v) is 13.9. The molecule has 9 heteroatoms. The van der Waals surface area contributed by atoms with Gasteiger partial charge >= 0.3 is 12.1 Å². The summed E-state index contributed by atoms with van der Waals surface area (Å²) >= 11 is 2.90. The standard InChI is InChI=1S/C26H30N2O5S2/c1-16(2)24-28(22(14-35-24)25(30)31)23(29)15-34-12-11-27-26(32)33-13-21-19-9-5-3-7-17(19)18-8-4-6-10-20(18)21/h3-10,16,21-22,24H,11-15H2,1-2H3,(H,27,32)(H,30,31). The molecule has 186 valence electrons. The molecular formula is C26H30N2O5S2. The van der Waals surface area contributed by atoms with Gasteiger partial charge in [0, 0.05) is 24.0 Å². The molecule has 0 spiro atoms. The van der Waals surface area contributed by atoms with Crippen molar-refractivity contribution in [1.29, 1.82) is 0 Å². The van der Waals surface area contributed by atoms with Crippen LogP contribution in [-0.2, 0) is 14.3 Å². The van der Waals surface area contributed by atoms with Crippen LogP contribution in [0.1, 0.15) is 30.9 Å². The second-order valence-corrected chi connectivity index (χ2v) is 11.2. The van der Waals surface area contributed by atoms with Crippen LogP contribution in [0.2, 0.25) is 0 Å². The van der Waals surface area contributed by atoms with Crippen molar-refractivity contribution in [2.24, 2.45) is 5.92 Å². The largest absolute Gasteiger partial charge is 0.480 e. The molecule has 1 aliphatic heterocycles. The summed E-state index contributed by atoms with van der Waals surface area (Å²) in [7, 11) is 0. The van der Waals surface area contributed by atoms with Gasteiger partial charge in [-0.05, 0) is 28.2 Å². The Labute approximate surface area is 214 Å². The molecule has 7 nitrogen and oxygen atoms in total. The van der Waals surface area contributed by atoms with Gasteiger partial charge in [-0.15, -0.1) is 11.8 Å². The fourth-order valence-electron chi connectivity index (χ4n) is 4.66. The molecule has 0 saturated carbocycles. The molecule has 1 aliphatic carbocycles. The van der Waals surface area contributed by atoms with Crippen molar-refractivity contribution in [2.45, 2.75) is 31.2 Å². The highest BCUT2D eigenvalue weighted by molar-refractivity contribution is 8.00. The number of ether oxygens (including phenoxy) is 1. The minimum absolute atomic E-state index is 0.00885. The third kappa shape index (κ3) is 5.62. The summed E-state index contributed by atoms with van der Waals surface area (Å²) in [5, 5.41) is 12.1. The van der Waals surface area contributed by atoms with Crippen molar-refractivity contribution in [3.8, 4) is 11.1 Å². The van der Waals surface area contributed by atoms with E-state index in [0.29, 0.717) is 18.1 Å². The van der Waals surface area contributed by atoms with Crippen LogP contribution in [-0.4, -0.2) is 69.8 Å². The Hall–Kier alpha value is -2.65. The SMILES string of the molecule is CC(C)C1SCC(C(=O)O)N1C(=O)CSCCNC(=O)OCC1c2ccccc2-c2ccccc21. The molecule has 2 unspecified atom stereocenters. The van der Waals surface area contributed by atoms with E-state index in [1.165, 1.54) is 39.6 Å². The van der Waals surface area contributed by atoms with Gasteiger partial charge in [-0.1, -0.05) is 62.4 Å². The van der Waals surface area contributed by atoms with Gasteiger partial charge in [0.15, 0.2) is 0 Å². The van der Waals surface area contributed by atoms with Crippen molar-refractivity contribution < 1.29 is 24.2 Å². The number of fused-ring (bicyclic) bond motifs is 3. The van der Waals surface area contributed by atoms with Gasteiger partial charge in [0.2, 0.25) is 5.91 Å². The number of carboxylic acid groups (broad SMARTS) is 1. The van der Waals surface area contributed by atoms with E-state index in [2.05, 4.69) is 29.6 Å². The maximum Gasteiger partial charge on any atom is 0.407 e. The van der Waals surface area contributed by atoms with Gasteiger partial charge in [-0.3, -0.25) is 4.79 Å². The van der Waals surface area contributed by atoms with E-state index >= 15 is 0 Å². The van der Waals surface area contributed by atoms with Gasteiger partial charge in [0.1, 0.15) is 12.6 Å². The molecule has 1 fully saturated rings. The van der Waals surface area contributed by atoms with E-state index in [9.17, 15) is 19.5 Å². The van der Waals surface area contributed by atoms with E-state index in [-0.39, 0.29) is 35.5 Å². The lowest BCUT2D eigenvalue weighted by molar-refractivity contribution is -0.148. The number of nitrogens with one attached hydrogen (secondary N) is 1. The minimum atomic E-state index is -0.962. The van der Waals surface area contributed by atoms with Crippen LogP contribution < -0.4 is 5.32 Å². The van der Waals surface area contributed by atoms with Gasteiger partial charge in [-0.25, -0.2) is 9.59 Å². The van der Waals surface area contributed by atoms with E-state index in [1.807, 2.05) is 38.1 Å². The first kappa shape index (κ1) is 25.4. The average molecular weight is 515 g/mol. The molecule has 2 aliphatic rings. The minimum Gasteiger partial charge on any atom is -0.480 e. The quantitative estimate of drug-likeness (QED) is 0.483. The number of thioether (sulfide) groups is 2. The second-order valence-electron chi connectivity index (χ2n) is 8.93. The summed E-state index contributed by atoms with van der Waals surface area (Å²) in [6, 6.07) is 15.6. The molecule has 2 atom stereocenters. The van der Waals surface area contributed by atoms with E-state index in [0.717, 1.165) is 11.1 Å². The van der Waals surface area contributed by atoms with Crippen LogP contribution >= 0.6 is 23.5 Å². The maximum absolute atomic E-state index is 12.7. The highest BCUT2D eigenvalue weighted by Crippen LogP contribution is 2.44. The molecular weight excluding hydrogens is 484 g/mol. The summed E-state index contributed by atoms with van der Waals surface area (Å²) in [4.78, 5) is 38.1. The normalized spacial score (nSPS) is 18.9. The number of benzene rings is 2. The zero-order valence-electron chi connectivity index (χ0n) is 19.8. The monoisotopic (exact) mass is 514 g/mol. The second kappa shape index (κ2) is 11.4. The first-order chi connectivity index (χ1) is 16.9. The molecule has 2 aromatic carbocycles. The first-order valence-electron chi connectivity index (χ1n) is 11.7. The lowest BCUT2D eigenvalue weighted by Gasteiger charge is -2.29. The molecule has 1 saturated heterocycles. The smallest absolute Gasteiger partial charge is 0.407 e. The molecule has 4 rings (SSSR count). The van der Waals surface area contributed by atoms with Crippen LogP contribution in [0.3, 0.4) is 0 Å². The molecule has 35 heavy (non-hydrogen) atoms. The van der Waals surface area contributed by atoms with Crippen molar-refractivity contribution in [3.05, 3.63) is 59.7 Å². The number of amides is 2. The van der Waals surface area contributed by atoms with Gasteiger partial charge in [0.25, 0.3) is 0 Å².